The Labute approximate surface area is 68.6 Å². The smallest absolute Gasteiger partial charge is 0.341 e. The molecular formula is C6H8ClNO3. The molecule has 3 N–H and O–H groups in total. The summed E-state index contributed by atoms with van der Waals surface area (Å²) in [6.07, 6.45) is 0. The van der Waals surface area contributed by atoms with E-state index >= 15 is 0 Å². The van der Waals surface area contributed by atoms with Gasteiger partial charge in [-0.25, -0.2) is 4.79 Å². The zero-order valence-electron chi connectivity index (χ0n) is 5.89. The molecule has 0 aliphatic carbocycles. The van der Waals surface area contributed by atoms with Gasteiger partial charge in [-0.15, -0.1) is 11.6 Å². The van der Waals surface area contributed by atoms with E-state index in [0.29, 0.717) is 0 Å². The van der Waals surface area contributed by atoms with Gasteiger partial charge in [0, 0.05) is 5.71 Å². The third-order valence-electron chi connectivity index (χ3n) is 1.00. The van der Waals surface area contributed by atoms with Crippen LogP contribution in [0.2, 0.25) is 0 Å². The number of allylic oxidation sites excluding steroid dienone is 1. The number of rotatable bonds is 3. The molecule has 0 atom stereocenters. The molecule has 11 heavy (non-hydrogen) atoms. The Morgan fingerprint density at radius 3 is 2.09 bits per heavy atom. The molecule has 0 rings (SSSR count). The summed E-state index contributed by atoms with van der Waals surface area (Å²) >= 11 is 5.17. The molecule has 5 heteroatoms. The number of aliphatic hydroxyl groups is 1. The lowest BCUT2D eigenvalue weighted by atomic mass is 10.1. The average molecular weight is 178 g/mol. The van der Waals surface area contributed by atoms with Crippen LogP contribution in [0.25, 0.3) is 0 Å². The van der Waals surface area contributed by atoms with Gasteiger partial charge in [0.2, 0.25) is 0 Å². The van der Waals surface area contributed by atoms with Crippen molar-refractivity contribution in [3.8, 4) is 0 Å². The van der Waals surface area contributed by atoms with Gasteiger partial charge < -0.3 is 15.6 Å². The maximum Gasteiger partial charge on any atom is 0.341 e. The van der Waals surface area contributed by atoms with Gasteiger partial charge in [0.05, 0.1) is 5.88 Å². The van der Waals surface area contributed by atoms with Gasteiger partial charge in [-0.2, -0.15) is 0 Å². The van der Waals surface area contributed by atoms with E-state index in [9.17, 15) is 4.79 Å². The van der Waals surface area contributed by atoms with E-state index in [1.165, 1.54) is 6.92 Å². The van der Waals surface area contributed by atoms with Crippen LogP contribution < -0.4 is 0 Å². The highest BCUT2D eigenvalue weighted by Gasteiger charge is 2.14. The second-order valence-corrected chi connectivity index (χ2v) is 2.15. The van der Waals surface area contributed by atoms with Crippen LogP contribution in [0.4, 0.5) is 0 Å². The van der Waals surface area contributed by atoms with Crippen molar-refractivity contribution in [3.05, 3.63) is 11.3 Å². The summed E-state index contributed by atoms with van der Waals surface area (Å²) in [7, 11) is 0. The third kappa shape index (κ3) is 2.59. The Kier molecular flexibility index (Phi) is 3.60. The molecule has 0 bridgehead atoms. The molecule has 0 fully saturated rings. The lowest BCUT2D eigenvalue weighted by molar-refractivity contribution is -0.132. The van der Waals surface area contributed by atoms with E-state index < -0.39 is 17.3 Å². The maximum absolute atomic E-state index is 10.3. The Morgan fingerprint density at radius 2 is 2.00 bits per heavy atom. The monoisotopic (exact) mass is 177 g/mol. The zero-order valence-corrected chi connectivity index (χ0v) is 6.64. The fraction of sp³-hybridized carbons (Fsp3) is 0.333. The number of halogens is 1. The van der Waals surface area contributed by atoms with Crippen LogP contribution >= 0.6 is 11.6 Å². The van der Waals surface area contributed by atoms with Crippen LogP contribution in [-0.2, 0) is 4.79 Å². The molecule has 0 radical (unpaired) electrons. The molecule has 0 aliphatic heterocycles. The van der Waals surface area contributed by atoms with Crippen LogP contribution in [-0.4, -0.2) is 27.8 Å². The van der Waals surface area contributed by atoms with Crippen molar-refractivity contribution in [2.45, 2.75) is 6.92 Å². The van der Waals surface area contributed by atoms with E-state index in [0.717, 1.165) is 0 Å². The SMILES string of the molecule is CC(=N)C(C(=O)O)=C(O)CCl. The van der Waals surface area contributed by atoms with Crippen molar-refractivity contribution in [2.75, 3.05) is 5.88 Å². The highest BCUT2D eigenvalue weighted by Crippen LogP contribution is 2.05. The van der Waals surface area contributed by atoms with Crippen LogP contribution in [0.5, 0.6) is 0 Å². The summed E-state index contributed by atoms with van der Waals surface area (Å²) in [6, 6.07) is 0. The first-order valence-corrected chi connectivity index (χ1v) is 3.31. The van der Waals surface area contributed by atoms with Gasteiger partial charge in [0.15, 0.2) is 0 Å². The minimum Gasteiger partial charge on any atom is -0.510 e. The lowest BCUT2D eigenvalue weighted by Gasteiger charge is -2.00. The van der Waals surface area contributed by atoms with Crippen LogP contribution in [0.15, 0.2) is 11.3 Å². The van der Waals surface area contributed by atoms with E-state index in [-0.39, 0.29) is 11.6 Å². The first-order chi connectivity index (χ1) is 5.00. The van der Waals surface area contributed by atoms with Crippen molar-refractivity contribution in [3.63, 3.8) is 0 Å². The summed E-state index contributed by atoms with van der Waals surface area (Å²) in [5, 5.41) is 24.3. The van der Waals surface area contributed by atoms with Crippen molar-refractivity contribution < 1.29 is 15.0 Å². The minimum absolute atomic E-state index is 0.212. The van der Waals surface area contributed by atoms with Crippen molar-refractivity contribution in [1.29, 1.82) is 5.41 Å². The van der Waals surface area contributed by atoms with Gasteiger partial charge in [-0.05, 0) is 6.92 Å². The Balaban J connectivity index is 4.88. The predicted molar refractivity (Wildman–Crippen MR) is 41.4 cm³/mol. The van der Waals surface area contributed by atoms with E-state index in [4.69, 9.17) is 27.2 Å². The Hall–Kier alpha value is -1.03. The van der Waals surface area contributed by atoms with E-state index in [1.54, 1.807) is 0 Å². The molecule has 0 saturated heterocycles. The number of carboxylic acids is 1. The molecule has 0 aromatic rings. The number of aliphatic carboxylic acids is 1. The summed E-state index contributed by atoms with van der Waals surface area (Å²) in [4.78, 5) is 10.3. The second-order valence-electron chi connectivity index (χ2n) is 1.89. The summed E-state index contributed by atoms with van der Waals surface area (Å²) in [6.45, 7) is 1.27. The number of carboxylic acid groups (broad SMARTS) is 1. The van der Waals surface area contributed by atoms with Crippen LogP contribution in [0, 0.1) is 5.41 Å². The quantitative estimate of drug-likeness (QED) is 0.262. The number of hydrogen-bond acceptors (Lipinski definition) is 3. The Morgan fingerprint density at radius 1 is 1.55 bits per heavy atom. The summed E-state index contributed by atoms with van der Waals surface area (Å²) < 4.78 is 0. The number of carbonyl (C=O) groups is 1. The normalized spacial score (nSPS) is 12.2. The number of nitrogens with one attached hydrogen (secondary N) is 1. The molecule has 0 spiro atoms. The molecule has 0 aromatic carbocycles. The summed E-state index contributed by atoms with van der Waals surface area (Å²) in [5.41, 5.74) is -0.643. The fourth-order valence-corrected chi connectivity index (χ4v) is 0.701. The Bertz CT molecular complexity index is 206. The molecule has 0 unspecified atom stereocenters. The lowest BCUT2D eigenvalue weighted by Crippen LogP contribution is -2.12. The highest BCUT2D eigenvalue weighted by atomic mass is 35.5. The zero-order chi connectivity index (χ0) is 9.02. The van der Waals surface area contributed by atoms with Gasteiger partial charge in [-0.3, -0.25) is 0 Å². The van der Waals surface area contributed by atoms with Gasteiger partial charge in [-0.1, -0.05) is 0 Å². The van der Waals surface area contributed by atoms with Crippen molar-refractivity contribution >= 4 is 23.3 Å². The van der Waals surface area contributed by atoms with Crippen molar-refractivity contribution in [1.82, 2.24) is 0 Å². The topological polar surface area (TPSA) is 81.4 Å². The number of hydrogen-bond donors (Lipinski definition) is 3. The first-order valence-electron chi connectivity index (χ1n) is 2.77. The standard InChI is InChI=1S/C6H8ClNO3/c1-3(8)5(6(10)11)4(9)2-7/h8-9H,2H2,1H3,(H,10,11). The van der Waals surface area contributed by atoms with E-state index in [1.807, 2.05) is 0 Å². The average Bonchev–Trinajstić information content (AvgIpc) is 1.85. The maximum atomic E-state index is 10.3. The molecular weight excluding hydrogens is 170 g/mol. The molecule has 4 nitrogen and oxygen atoms in total. The molecule has 0 saturated carbocycles. The molecule has 0 aliphatic rings. The molecule has 0 heterocycles. The van der Waals surface area contributed by atoms with Gasteiger partial charge in [0.25, 0.3) is 0 Å². The van der Waals surface area contributed by atoms with E-state index in [2.05, 4.69) is 0 Å². The second kappa shape index (κ2) is 3.98. The predicted octanol–water partition coefficient (Wildman–Crippen LogP) is 1.16. The van der Waals surface area contributed by atoms with Crippen LogP contribution in [0.3, 0.4) is 0 Å². The van der Waals surface area contributed by atoms with Gasteiger partial charge >= 0.3 is 5.97 Å². The van der Waals surface area contributed by atoms with Gasteiger partial charge in [0.1, 0.15) is 11.3 Å². The third-order valence-corrected chi connectivity index (χ3v) is 1.26. The van der Waals surface area contributed by atoms with Crippen molar-refractivity contribution in [2.24, 2.45) is 0 Å². The first kappa shape index (κ1) is 9.97. The van der Waals surface area contributed by atoms with Crippen LogP contribution in [0.1, 0.15) is 6.92 Å². The number of aliphatic hydroxyl groups excluding tert-OH is 1. The summed E-state index contributed by atoms with van der Waals surface area (Å²) in [5.74, 6) is -2.11. The molecule has 0 amide bonds. The minimum atomic E-state index is -1.34. The molecule has 0 aromatic heterocycles. The highest BCUT2D eigenvalue weighted by molar-refractivity contribution is 6.22. The fourth-order valence-electron chi connectivity index (χ4n) is 0.567. The molecule has 62 valence electrons. The largest absolute Gasteiger partial charge is 0.510 e. The number of alkyl halides is 1.